The molecular formula is C40H51F2N7O10. The van der Waals surface area contributed by atoms with E-state index in [0.717, 1.165) is 11.1 Å². The zero-order valence-corrected chi connectivity index (χ0v) is 33.5. The third-order valence-electron chi connectivity index (χ3n) is 10.4. The van der Waals surface area contributed by atoms with Gasteiger partial charge >= 0.3 is 18.0 Å². The maximum absolute atomic E-state index is 15.1. The van der Waals surface area contributed by atoms with Crippen molar-refractivity contribution in [2.24, 2.45) is 23.7 Å². The minimum atomic E-state index is -4.72. The van der Waals surface area contributed by atoms with Crippen molar-refractivity contribution in [3.05, 3.63) is 59.7 Å². The highest BCUT2D eigenvalue weighted by Gasteiger charge is 2.52. The van der Waals surface area contributed by atoms with Crippen LogP contribution in [0.4, 0.5) is 13.6 Å². The minimum absolute atomic E-state index is 0.0462. The smallest absolute Gasteiger partial charge is 0.410 e. The van der Waals surface area contributed by atoms with Gasteiger partial charge in [-0.1, -0.05) is 65.3 Å². The summed E-state index contributed by atoms with van der Waals surface area (Å²) in [4.78, 5) is 114. The molecule has 1 aliphatic carbocycles. The third kappa shape index (κ3) is 11.6. The van der Waals surface area contributed by atoms with Gasteiger partial charge in [-0.05, 0) is 48.6 Å². The number of aromatic nitrogens is 2. The van der Waals surface area contributed by atoms with E-state index in [2.05, 4.69) is 25.9 Å². The molecule has 1 saturated carbocycles. The van der Waals surface area contributed by atoms with Crippen LogP contribution in [0, 0.1) is 23.7 Å². The molecule has 1 unspecified atom stereocenters. The van der Waals surface area contributed by atoms with Crippen LogP contribution < -0.4 is 21.3 Å². The topological polar surface area (TPSA) is 243 Å². The average Bonchev–Trinajstić information content (AvgIpc) is 3.63. The van der Waals surface area contributed by atoms with E-state index in [-0.39, 0.29) is 37.9 Å². The molecule has 320 valence electrons. The molecule has 6 atom stereocenters. The molecular weight excluding hydrogens is 776 g/mol. The van der Waals surface area contributed by atoms with Crippen LogP contribution >= 0.6 is 0 Å². The van der Waals surface area contributed by atoms with E-state index < -0.39 is 108 Å². The molecule has 17 nitrogen and oxygen atoms in total. The van der Waals surface area contributed by atoms with Crippen molar-refractivity contribution in [3.8, 4) is 0 Å². The number of carbonyl (C=O) groups excluding carboxylic acids is 7. The van der Waals surface area contributed by atoms with E-state index in [1.807, 2.05) is 24.3 Å². The fourth-order valence-corrected chi connectivity index (χ4v) is 7.20. The van der Waals surface area contributed by atoms with E-state index >= 15 is 8.78 Å². The first kappa shape index (κ1) is 45.8. The SMILES string of the molecule is CCC[C@H](NC(=O)[C@@H]1C[C@@H](OC(=O)N2CCc3ccccc3C2)CC1C(=O)[C@@H](NC(=O)[C@@H](NC(=O)c1cnccn1)C(C)C)C(C)C)C(=O)C(F)(F)C(=O)NCC(=O)O. The van der Waals surface area contributed by atoms with Gasteiger partial charge in [-0.2, -0.15) is 8.78 Å². The Morgan fingerprint density at radius 2 is 1.58 bits per heavy atom. The monoisotopic (exact) mass is 827 g/mol. The highest BCUT2D eigenvalue weighted by Crippen LogP contribution is 2.37. The van der Waals surface area contributed by atoms with Crippen LogP contribution in [0.15, 0.2) is 42.9 Å². The molecule has 2 aliphatic rings. The number of aliphatic carboxylic acids is 1. The van der Waals surface area contributed by atoms with E-state index in [1.165, 1.54) is 28.8 Å². The third-order valence-corrected chi connectivity index (χ3v) is 10.4. The zero-order chi connectivity index (χ0) is 43.6. The van der Waals surface area contributed by atoms with Crippen molar-refractivity contribution in [3.63, 3.8) is 0 Å². The second-order valence-corrected chi connectivity index (χ2v) is 15.4. The Labute approximate surface area is 339 Å². The molecule has 5 amide bonds. The molecule has 1 fully saturated rings. The van der Waals surface area contributed by atoms with E-state index in [4.69, 9.17) is 9.84 Å². The molecule has 5 N–H and O–H groups in total. The fraction of sp³-hybridized carbons (Fsp3) is 0.550. The van der Waals surface area contributed by atoms with Gasteiger partial charge in [0.1, 0.15) is 24.4 Å². The van der Waals surface area contributed by atoms with Gasteiger partial charge in [-0.15, -0.1) is 0 Å². The maximum Gasteiger partial charge on any atom is 0.410 e. The predicted octanol–water partition coefficient (Wildman–Crippen LogP) is 2.22. The summed E-state index contributed by atoms with van der Waals surface area (Å²) < 4.78 is 36.0. The fourth-order valence-electron chi connectivity index (χ4n) is 7.20. The Bertz CT molecular complexity index is 1900. The van der Waals surface area contributed by atoms with Crippen molar-refractivity contribution in [2.45, 2.75) is 103 Å². The molecule has 2 aromatic rings. The lowest BCUT2D eigenvalue weighted by atomic mass is 9.83. The molecule has 2 heterocycles. The number of benzene rings is 1. The number of nitrogens with zero attached hydrogens (tertiary/aromatic N) is 3. The Morgan fingerprint density at radius 1 is 0.915 bits per heavy atom. The summed E-state index contributed by atoms with van der Waals surface area (Å²) in [5.41, 5.74) is 1.96. The number of carbonyl (C=O) groups is 8. The molecule has 0 saturated heterocycles. The number of nitrogens with one attached hydrogen (secondary N) is 4. The van der Waals surface area contributed by atoms with Crippen LogP contribution in [0.3, 0.4) is 0 Å². The van der Waals surface area contributed by atoms with E-state index in [1.54, 1.807) is 34.6 Å². The molecule has 0 radical (unpaired) electrons. The summed E-state index contributed by atoms with van der Waals surface area (Å²) >= 11 is 0. The van der Waals surface area contributed by atoms with Crippen LogP contribution in [0.25, 0.3) is 0 Å². The van der Waals surface area contributed by atoms with Gasteiger partial charge in [0.2, 0.25) is 17.6 Å². The number of Topliss-reactive ketones (excluding diaryl/α,β-unsaturated/α-hetero) is 2. The van der Waals surface area contributed by atoms with Crippen molar-refractivity contribution in [1.29, 1.82) is 0 Å². The first-order valence-corrected chi connectivity index (χ1v) is 19.5. The predicted molar refractivity (Wildman–Crippen MR) is 204 cm³/mol. The van der Waals surface area contributed by atoms with Crippen molar-refractivity contribution in [1.82, 2.24) is 36.1 Å². The Balaban J connectivity index is 1.59. The van der Waals surface area contributed by atoms with Gasteiger partial charge in [0.25, 0.3) is 11.8 Å². The quantitative estimate of drug-likeness (QED) is 0.136. The van der Waals surface area contributed by atoms with Gasteiger partial charge in [0.15, 0.2) is 5.78 Å². The lowest BCUT2D eigenvalue weighted by Crippen LogP contribution is -2.57. The number of ether oxygens (including phenoxy) is 1. The highest BCUT2D eigenvalue weighted by molar-refractivity contribution is 6.11. The average molecular weight is 828 g/mol. The number of ketones is 2. The molecule has 1 aromatic heterocycles. The lowest BCUT2D eigenvalue weighted by Gasteiger charge is -2.30. The first-order chi connectivity index (χ1) is 27.8. The number of fused-ring (bicyclic) bond motifs is 1. The maximum atomic E-state index is 15.1. The number of carboxylic acids is 1. The highest BCUT2D eigenvalue weighted by atomic mass is 19.3. The van der Waals surface area contributed by atoms with Crippen LogP contribution in [0.1, 0.15) is 81.9 Å². The molecule has 1 aromatic carbocycles. The summed E-state index contributed by atoms with van der Waals surface area (Å²) in [6.45, 7) is 7.62. The van der Waals surface area contributed by atoms with Crippen LogP contribution in [0.2, 0.25) is 0 Å². The van der Waals surface area contributed by atoms with Crippen molar-refractivity contribution in [2.75, 3.05) is 13.1 Å². The number of rotatable bonds is 18. The molecule has 59 heavy (non-hydrogen) atoms. The van der Waals surface area contributed by atoms with Gasteiger partial charge in [-0.25, -0.2) is 9.78 Å². The van der Waals surface area contributed by atoms with E-state index in [9.17, 15) is 38.4 Å². The number of carboxylic acid groups (broad SMARTS) is 1. The number of hydrogen-bond acceptors (Lipinski definition) is 11. The number of halogens is 2. The van der Waals surface area contributed by atoms with Crippen molar-refractivity contribution < 1.29 is 57.0 Å². The largest absolute Gasteiger partial charge is 0.480 e. The molecule has 4 rings (SSSR count). The Hall–Kier alpha value is -5.88. The summed E-state index contributed by atoms with van der Waals surface area (Å²) in [5.74, 6) is -17.2. The van der Waals surface area contributed by atoms with Crippen LogP contribution in [-0.2, 0) is 46.5 Å². The molecule has 0 spiro atoms. The minimum Gasteiger partial charge on any atom is -0.480 e. The van der Waals surface area contributed by atoms with Crippen LogP contribution in [-0.4, -0.2) is 110 Å². The second kappa shape index (κ2) is 20.2. The summed E-state index contributed by atoms with van der Waals surface area (Å²) in [6, 6.07) is 3.28. The number of hydrogen-bond donors (Lipinski definition) is 5. The standard InChI is InChI=1S/C40H51F2N7O10/c1-6-9-28(34(53)40(41,42)38(57)45-19-30(50)51)46-35(54)27-17-25(59-39(58)49-15-12-23-10-7-8-11-24(23)20-49)16-26(27)33(52)31(21(2)3)47-37(56)32(22(4)5)48-36(55)29-18-43-13-14-44-29/h7-8,10-11,13-14,18,21-22,25-28,31-32H,6,9,12,15-17,19-20H2,1-5H3,(H,45,57)(H,46,54)(H,47,56)(H,48,55)(H,50,51)/t25-,26?,27+,28-,31-,32-/m0/s1. The summed E-state index contributed by atoms with van der Waals surface area (Å²) in [7, 11) is 0. The molecule has 0 bridgehead atoms. The van der Waals surface area contributed by atoms with Gasteiger partial charge in [0, 0.05) is 31.4 Å². The first-order valence-electron chi connectivity index (χ1n) is 19.5. The van der Waals surface area contributed by atoms with Crippen LogP contribution in [0.5, 0.6) is 0 Å². The number of alkyl halides is 2. The molecule has 1 aliphatic heterocycles. The number of amides is 5. The summed E-state index contributed by atoms with van der Waals surface area (Å²) in [6.07, 6.45) is 2.07. The second-order valence-electron chi connectivity index (χ2n) is 15.4. The van der Waals surface area contributed by atoms with Crippen molar-refractivity contribution >= 4 is 47.3 Å². The zero-order valence-electron chi connectivity index (χ0n) is 33.5. The Kier molecular flexibility index (Phi) is 15.7. The molecule has 19 heteroatoms. The Morgan fingerprint density at radius 3 is 2.19 bits per heavy atom. The summed E-state index contributed by atoms with van der Waals surface area (Å²) in [5, 5.41) is 17.9. The van der Waals surface area contributed by atoms with Gasteiger partial charge in [-0.3, -0.25) is 38.5 Å². The van der Waals surface area contributed by atoms with E-state index in [0.29, 0.717) is 13.0 Å². The lowest BCUT2D eigenvalue weighted by molar-refractivity contribution is -0.161. The van der Waals surface area contributed by atoms with Gasteiger partial charge < -0.3 is 36.0 Å². The van der Waals surface area contributed by atoms with Gasteiger partial charge in [0.05, 0.1) is 24.2 Å². The normalized spacial score (nSPS) is 19.1.